The number of nitrogens with zero attached hydrogens (tertiary/aromatic N) is 2. The highest BCUT2D eigenvalue weighted by Gasteiger charge is 2.28. The summed E-state index contributed by atoms with van der Waals surface area (Å²) in [5.41, 5.74) is 8.01. The van der Waals surface area contributed by atoms with E-state index >= 15 is 0 Å². The lowest BCUT2D eigenvalue weighted by Crippen LogP contribution is -2.52. The van der Waals surface area contributed by atoms with Crippen LogP contribution in [0.1, 0.15) is 24.1 Å². The molecule has 0 spiro atoms. The molecule has 1 aliphatic heterocycles. The van der Waals surface area contributed by atoms with Crippen LogP contribution < -0.4 is 10.5 Å². The van der Waals surface area contributed by atoms with E-state index in [1.54, 1.807) is 16.7 Å². The molecule has 0 aromatic heterocycles. The highest BCUT2D eigenvalue weighted by atomic mass is 16.6. The zero-order chi connectivity index (χ0) is 20.6. The first-order valence-corrected chi connectivity index (χ1v) is 9.81. The Morgan fingerprint density at radius 3 is 2.21 bits per heavy atom. The van der Waals surface area contributed by atoms with E-state index < -0.39 is 6.04 Å². The molecule has 0 radical (unpaired) electrons. The molecule has 3 rings (SSSR count). The molecule has 1 atom stereocenters. The zero-order valence-electron chi connectivity index (χ0n) is 16.6. The Labute approximate surface area is 171 Å². The molecule has 0 bridgehead atoms. The average Bonchev–Trinajstić information content (AvgIpc) is 2.78. The lowest BCUT2D eigenvalue weighted by Gasteiger charge is -2.35. The van der Waals surface area contributed by atoms with Gasteiger partial charge in [0.15, 0.2) is 0 Å². The van der Waals surface area contributed by atoms with E-state index in [9.17, 15) is 9.59 Å². The van der Waals surface area contributed by atoms with E-state index in [2.05, 4.69) is 0 Å². The van der Waals surface area contributed by atoms with E-state index in [1.165, 1.54) is 0 Å². The second kappa shape index (κ2) is 9.93. The van der Waals surface area contributed by atoms with Crippen molar-refractivity contribution >= 4 is 12.0 Å². The summed E-state index contributed by atoms with van der Waals surface area (Å²) in [4.78, 5) is 27.8. The maximum atomic E-state index is 12.7. The number of benzene rings is 2. The number of carbonyl (C=O) groups excluding carboxylic acids is 2. The molecule has 7 nitrogen and oxygen atoms in total. The van der Waals surface area contributed by atoms with E-state index in [-0.39, 0.29) is 12.0 Å². The molecule has 0 unspecified atom stereocenters. The predicted molar refractivity (Wildman–Crippen MR) is 109 cm³/mol. The number of hydrogen-bond donors (Lipinski definition) is 1. The van der Waals surface area contributed by atoms with Gasteiger partial charge in [0.1, 0.15) is 18.4 Å². The average molecular weight is 397 g/mol. The van der Waals surface area contributed by atoms with Gasteiger partial charge in [-0.2, -0.15) is 0 Å². The summed E-state index contributed by atoms with van der Waals surface area (Å²) in [6.07, 6.45) is -0.338. The second-order valence-corrected chi connectivity index (χ2v) is 6.83. The summed E-state index contributed by atoms with van der Waals surface area (Å²) >= 11 is 0. The molecule has 2 amide bonds. The molecule has 154 valence electrons. The van der Waals surface area contributed by atoms with Crippen molar-refractivity contribution in [2.75, 3.05) is 32.8 Å². The van der Waals surface area contributed by atoms with Gasteiger partial charge in [-0.05, 0) is 30.2 Å². The van der Waals surface area contributed by atoms with Gasteiger partial charge in [0, 0.05) is 26.2 Å². The van der Waals surface area contributed by atoms with Gasteiger partial charge >= 0.3 is 6.09 Å². The molecule has 0 aliphatic carbocycles. The molecule has 29 heavy (non-hydrogen) atoms. The number of rotatable bonds is 6. The molecule has 2 N–H and O–H groups in total. The monoisotopic (exact) mass is 397 g/mol. The fourth-order valence-corrected chi connectivity index (χ4v) is 3.18. The predicted octanol–water partition coefficient (Wildman–Crippen LogP) is 2.57. The van der Waals surface area contributed by atoms with Gasteiger partial charge in [0.2, 0.25) is 5.91 Å². The van der Waals surface area contributed by atoms with Crippen molar-refractivity contribution in [3.8, 4) is 5.75 Å². The number of carbonyl (C=O) groups is 2. The zero-order valence-corrected chi connectivity index (χ0v) is 16.6. The lowest BCUT2D eigenvalue weighted by molar-refractivity contribution is -0.134. The van der Waals surface area contributed by atoms with Crippen LogP contribution in [-0.4, -0.2) is 54.6 Å². The molecule has 2 aromatic carbocycles. The third-order valence-electron chi connectivity index (χ3n) is 4.87. The summed E-state index contributed by atoms with van der Waals surface area (Å²) in [6.45, 7) is 4.39. The topological polar surface area (TPSA) is 85.1 Å². The minimum Gasteiger partial charge on any atom is -0.489 e. The van der Waals surface area contributed by atoms with Crippen LogP contribution in [0.25, 0.3) is 0 Å². The van der Waals surface area contributed by atoms with Crippen LogP contribution >= 0.6 is 0 Å². The third kappa shape index (κ3) is 5.48. The molecule has 1 aliphatic rings. The second-order valence-electron chi connectivity index (χ2n) is 6.83. The molecular weight excluding hydrogens is 370 g/mol. The van der Waals surface area contributed by atoms with Gasteiger partial charge in [-0.1, -0.05) is 42.5 Å². The van der Waals surface area contributed by atoms with Crippen LogP contribution in [0.3, 0.4) is 0 Å². The Bertz CT molecular complexity index is 803. The fourth-order valence-electron chi connectivity index (χ4n) is 3.18. The fraction of sp³-hybridized carbons (Fsp3) is 0.364. The smallest absolute Gasteiger partial charge is 0.409 e. The maximum absolute atomic E-state index is 12.7. The Hall–Kier alpha value is -3.06. The summed E-state index contributed by atoms with van der Waals surface area (Å²) < 4.78 is 10.8. The highest BCUT2D eigenvalue weighted by molar-refractivity contribution is 5.83. The molecule has 1 saturated heterocycles. The van der Waals surface area contributed by atoms with Crippen LogP contribution in [0.5, 0.6) is 5.75 Å². The third-order valence-corrected chi connectivity index (χ3v) is 4.87. The molecule has 0 saturated carbocycles. The van der Waals surface area contributed by atoms with E-state index in [1.807, 2.05) is 54.6 Å². The van der Waals surface area contributed by atoms with Gasteiger partial charge in [0.05, 0.1) is 6.61 Å². The van der Waals surface area contributed by atoms with Crippen LogP contribution in [0.2, 0.25) is 0 Å². The van der Waals surface area contributed by atoms with Gasteiger partial charge in [0.25, 0.3) is 0 Å². The normalized spacial score (nSPS) is 15.0. The standard InChI is InChI=1S/C22H27N3O4/c1-2-28-22(27)25-14-12-24(13-15-25)21(26)20(23)18-8-10-19(11-9-18)29-16-17-6-4-3-5-7-17/h3-11,20H,2,12-16,23H2,1H3/t20-/m0/s1. The van der Waals surface area contributed by atoms with Crippen molar-refractivity contribution in [3.05, 3.63) is 65.7 Å². The van der Waals surface area contributed by atoms with Crippen molar-refractivity contribution < 1.29 is 19.1 Å². The molecular formula is C22H27N3O4. The van der Waals surface area contributed by atoms with Crippen LogP contribution in [0, 0.1) is 0 Å². The number of amides is 2. The summed E-state index contributed by atoms with van der Waals surface area (Å²) in [5.74, 6) is 0.576. The van der Waals surface area contributed by atoms with Crippen molar-refractivity contribution in [2.24, 2.45) is 5.73 Å². The first kappa shape index (κ1) is 20.7. The maximum Gasteiger partial charge on any atom is 0.409 e. The highest BCUT2D eigenvalue weighted by Crippen LogP contribution is 2.20. The van der Waals surface area contributed by atoms with E-state index in [0.29, 0.717) is 39.4 Å². The number of hydrogen-bond acceptors (Lipinski definition) is 5. The molecule has 1 heterocycles. The number of ether oxygens (including phenoxy) is 2. The SMILES string of the molecule is CCOC(=O)N1CCN(C(=O)[C@@H](N)c2ccc(OCc3ccccc3)cc2)CC1. The van der Waals surface area contributed by atoms with Crippen LogP contribution in [0.4, 0.5) is 4.79 Å². The van der Waals surface area contributed by atoms with Crippen molar-refractivity contribution in [3.63, 3.8) is 0 Å². The van der Waals surface area contributed by atoms with Gasteiger partial charge in [-0.25, -0.2) is 4.79 Å². The van der Waals surface area contributed by atoms with Crippen molar-refractivity contribution in [1.82, 2.24) is 9.80 Å². The van der Waals surface area contributed by atoms with Crippen LogP contribution in [-0.2, 0) is 16.1 Å². The lowest BCUT2D eigenvalue weighted by atomic mass is 10.1. The van der Waals surface area contributed by atoms with E-state index in [4.69, 9.17) is 15.2 Å². The first-order chi connectivity index (χ1) is 14.1. The number of piperazine rings is 1. The summed E-state index contributed by atoms with van der Waals surface area (Å²) in [5, 5.41) is 0. The Morgan fingerprint density at radius 1 is 0.966 bits per heavy atom. The molecule has 7 heteroatoms. The van der Waals surface area contributed by atoms with Gasteiger partial charge < -0.3 is 25.0 Å². The summed E-state index contributed by atoms with van der Waals surface area (Å²) in [6, 6.07) is 16.5. The van der Waals surface area contributed by atoms with Gasteiger partial charge in [-0.15, -0.1) is 0 Å². The largest absolute Gasteiger partial charge is 0.489 e. The summed E-state index contributed by atoms with van der Waals surface area (Å²) in [7, 11) is 0. The molecule has 2 aromatic rings. The van der Waals surface area contributed by atoms with E-state index in [0.717, 1.165) is 16.9 Å². The Kier molecular flexibility index (Phi) is 7.08. The minimum atomic E-state index is -0.743. The van der Waals surface area contributed by atoms with Gasteiger partial charge in [-0.3, -0.25) is 4.79 Å². The quantitative estimate of drug-likeness (QED) is 0.810. The Morgan fingerprint density at radius 2 is 1.59 bits per heavy atom. The van der Waals surface area contributed by atoms with Crippen LogP contribution in [0.15, 0.2) is 54.6 Å². The minimum absolute atomic E-state index is 0.147. The Balaban J connectivity index is 1.51. The van der Waals surface area contributed by atoms with Crippen molar-refractivity contribution in [1.29, 1.82) is 0 Å². The molecule has 1 fully saturated rings. The first-order valence-electron chi connectivity index (χ1n) is 9.81. The number of nitrogens with two attached hydrogens (primary N) is 1. The van der Waals surface area contributed by atoms with Crippen molar-refractivity contribution in [2.45, 2.75) is 19.6 Å².